The zero-order chi connectivity index (χ0) is 17.9. The number of aromatic nitrogens is 2. The van der Waals surface area contributed by atoms with E-state index in [9.17, 15) is 17.6 Å². The van der Waals surface area contributed by atoms with Crippen molar-refractivity contribution in [2.75, 3.05) is 11.3 Å². The normalized spacial score (nSPS) is 11.5. The van der Waals surface area contributed by atoms with E-state index in [0.717, 1.165) is 18.2 Å². The van der Waals surface area contributed by atoms with E-state index in [-0.39, 0.29) is 22.5 Å². The van der Waals surface area contributed by atoms with Crippen LogP contribution in [0.2, 0.25) is 0 Å². The Morgan fingerprint density at radius 1 is 1.42 bits per heavy atom. The molecule has 0 amide bonds. The summed E-state index contributed by atoms with van der Waals surface area (Å²) in [5, 5.41) is 12.5. The van der Waals surface area contributed by atoms with E-state index in [1.54, 1.807) is 10.9 Å². The molecule has 0 bridgehead atoms. The summed E-state index contributed by atoms with van der Waals surface area (Å²) >= 11 is 0. The summed E-state index contributed by atoms with van der Waals surface area (Å²) in [6, 6.07) is 4.46. The topological polar surface area (TPSA) is 111 Å². The molecule has 0 fully saturated rings. The smallest absolute Gasteiger partial charge is 0.341 e. The Bertz CT molecular complexity index is 848. The maximum absolute atomic E-state index is 13.8. The fourth-order valence-electron chi connectivity index (χ4n) is 1.78. The van der Waals surface area contributed by atoms with Crippen molar-refractivity contribution in [3.63, 3.8) is 0 Å². The van der Waals surface area contributed by atoms with Crippen molar-refractivity contribution < 1.29 is 27.4 Å². The predicted molar refractivity (Wildman–Crippen MR) is 83.0 cm³/mol. The third-order valence-corrected chi connectivity index (χ3v) is 4.29. The van der Waals surface area contributed by atoms with Crippen molar-refractivity contribution in [2.45, 2.75) is 24.8 Å². The SMILES string of the molecule is CC(C)n1ccc(NS(=O)(=O)c2ccc(OCC(=O)O)c(F)c2)n1. The lowest BCUT2D eigenvalue weighted by molar-refractivity contribution is -0.139. The van der Waals surface area contributed by atoms with Crippen LogP contribution in [0.15, 0.2) is 35.4 Å². The molecule has 0 radical (unpaired) electrons. The fraction of sp³-hybridized carbons (Fsp3) is 0.286. The highest BCUT2D eigenvalue weighted by Crippen LogP contribution is 2.22. The van der Waals surface area contributed by atoms with Gasteiger partial charge in [0.05, 0.1) is 4.90 Å². The molecule has 0 unspecified atom stereocenters. The lowest BCUT2D eigenvalue weighted by Gasteiger charge is -2.09. The van der Waals surface area contributed by atoms with Crippen LogP contribution < -0.4 is 9.46 Å². The molecular formula is C14H16FN3O5S. The molecule has 0 aliphatic heterocycles. The predicted octanol–water partition coefficient (Wildman–Crippen LogP) is 1.87. The van der Waals surface area contributed by atoms with Gasteiger partial charge in [0.2, 0.25) is 0 Å². The van der Waals surface area contributed by atoms with E-state index in [1.165, 1.54) is 6.07 Å². The molecule has 2 N–H and O–H groups in total. The number of carbonyl (C=O) groups is 1. The van der Waals surface area contributed by atoms with E-state index in [4.69, 9.17) is 9.84 Å². The molecule has 1 aromatic heterocycles. The van der Waals surface area contributed by atoms with E-state index < -0.39 is 28.4 Å². The molecule has 0 atom stereocenters. The van der Waals surface area contributed by atoms with Crippen LogP contribution in [0.25, 0.3) is 0 Å². The van der Waals surface area contributed by atoms with Gasteiger partial charge in [0, 0.05) is 18.3 Å². The average molecular weight is 357 g/mol. The number of anilines is 1. The van der Waals surface area contributed by atoms with Crippen LogP contribution in [0.3, 0.4) is 0 Å². The monoisotopic (exact) mass is 357 g/mol. The molecule has 8 nitrogen and oxygen atoms in total. The second-order valence-electron chi connectivity index (χ2n) is 5.15. The summed E-state index contributed by atoms with van der Waals surface area (Å²) in [7, 11) is -4.03. The number of hydrogen-bond donors (Lipinski definition) is 2. The summed E-state index contributed by atoms with van der Waals surface area (Å²) in [5.41, 5.74) is 0. The highest BCUT2D eigenvalue weighted by molar-refractivity contribution is 7.92. The molecular weight excluding hydrogens is 341 g/mol. The van der Waals surface area contributed by atoms with Gasteiger partial charge in [-0.3, -0.25) is 9.40 Å². The quantitative estimate of drug-likeness (QED) is 0.783. The number of aliphatic carboxylic acids is 1. The molecule has 1 aromatic carbocycles. The van der Waals surface area contributed by atoms with Gasteiger partial charge in [-0.2, -0.15) is 5.10 Å². The minimum Gasteiger partial charge on any atom is -0.479 e. The number of nitrogens with zero attached hydrogens (tertiary/aromatic N) is 2. The molecule has 0 saturated heterocycles. The van der Waals surface area contributed by atoms with Gasteiger partial charge in [-0.1, -0.05) is 0 Å². The van der Waals surface area contributed by atoms with Gasteiger partial charge in [0.25, 0.3) is 10.0 Å². The molecule has 0 spiro atoms. The largest absolute Gasteiger partial charge is 0.479 e. The summed E-state index contributed by atoms with van der Waals surface area (Å²) < 4.78 is 46.9. The van der Waals surface area contributed by atoms with E-state index in [1.807, 2.05) is 13.8 Å². The van der Waals surface area contributed by atoms with Crippen LogP contribution in [0.5, 0.6) is 5.75 Å². The van der Waals surface area contributed by atoms with E-state index in [2.05, 4.69) is 9.82 Å². The second kappa shape index (κ2) is 6.87. The minimum absolute atomic E-state index is 0.0615. The lowest BCUT2D eigenvalue weighted by atomic mass is 10.3. The van der Waals surface area contributed by atoms with Crippen LogP contribution >= 0.6 is 0 Å². The standard InChI is InChI=1S/C14H16FN3O5S/c1-9(2)18-6-5-13(16-18)17-24(21,22)10-3-4-12(11(15)7-10)23-8-14(19)20/h3-7,9H,8H2,1-2H3,(H,16,17)(H,19,20). The number of carboxylic acids is 1. The first kappa shape index (κ1) is 17.7. The number of ether oxygens (including phenoxy) is 1. The summed E-state index contributed by atoms with van der Waals surface area (Å²) in [4.78, 5) is 10.1. The van der Waals surface area contributed by atoms with Crippen LogP contribution in [0, 0.1) is 5.82 Å². The van der Waals surface area contributed by atoms with Gasteiger partial charge >= 0.3 is 5.97 Å². The van der Waals surface area contributed by atoms with Gasteiger partial charge in [0.1, 0.15) is 0 Å². The molecule has 2 aromatic rings. The van der Waals surface area contributed by atoms with Gasteiger partial charge in [-0.25, -0.2) is 17.6 Å². The molecule has 24 heavy (non-hydrogen) atoms. The number of nitrogens with one attached hydrogen (secondary N) is 1. The molecule has 0 aliphatic carbocycles. The van der Waals surface area contributed by atoms with Crippen molar-refractivity contribution in [1.82, 2.24) is 9.78 Å². The van der Waals surface area contributed by atoms with Crippen LogP contribution in [0.4, 0.5) is 10.2 Å². The molecule has 0 saturated carbocycles. The summed E-state index contributed by atoms with van der Waals surface area (Å²) in [6.45, 7) is 3.04. The number of sulfonamides is 1. The lowest BCUT2D eigenvalue weighted by Crippen LogP contribution is -2.15. The van der Waals surface area contributed by atoms with Crippen molar-refractivity contribution in [2.24, 2.45) is 0 Å². The molecule has 1 heterocycles. The van der Waals surface area contributed by atoms with Crippen molar-refractivity contribution in [1.29, 1.82) is 0 Å². The first-order valence-electron chi connectivity index (χ1n) is 6.91. The number of halogens is 1. The Kier molecular flexibility index (Phi) is 5.07. The Morgan fingerprint density at radius 2 is 2.12 bits per heavy atom. The van der Waals surface area contributed by atoms with Gasteiger partial charge in [-0.15, -0.1) is 0 Å². The third kappa shape index (κ3) is 4.22. The number of hydrogen-bond acceptors (Lipinski definition) is 5. The first-order chi connectivity index (χ1) is 11.2. The zero-order valence-electron chi connectivity index (χ0n) is 12.9. The van der Waals surface area contributed by atoms with Crippen molar-refractivity contribution in [3.8, 4) is 5.75 Å². The Morgan fingerprint density at radius 3 is 2.67 bits per heavy atom. The Hall–Kier alpha value is -2.62. The van der Waals surface area contributed by atoms with Gasteiger partial charge in [0.15, 0.2) is 24.0 Å². The molecule has 130 valence electrons. The Labute approximate surface area is 137 Å². The number of benzene rings is 1. The highest BCUT2D eigenvalue weighted by atomic mass is 32.2. The first-order valence-corrected chi connectivity index (χ1v) is 8.39. The number of rotatable bonds is 7. The molecule has 2 rings (SSSR count). The third-order valence-electron chi connectivity index (χ3n) is 2.94. The van der Waals surface area contributed by atoms with Crippen molar-refractivity contribution >= 4 is 21.8 Å². The van der Waals surface area contributed by atoms with E-state index >= 15 is 0 Å². The van der Waals surface area contributed by atoms with E-state index in [0.29, 0.717) is 0 Å². The maximum atomic E-state index is 13.8. The van der Waals surface area contributed by atoms with Crippen LogP contribution in [-0.2, 0) is 14.8 Å². The molecule has 0 aliphatic rings. The molecule has 10 heteroatoms. The van der Waals surface area contributed by atoms with Gasteiger partial charge in [-0.05, 0) is 32.0 Å². The van der Waals surface area contributed by atoms with Gasteiger partial charge < -0.3 is 9.84 Å². The second-order valence-corrected chi connectivity index (χ2v) is 6.84. The van der Waals surface area contributed by atoms with Crippen molar-refractivity contribution in [3.05, 3.63) is 36.3 Å². The van der Waals surface area contributed by atoms with Crippen LogP contribution in [-0.4, -0.2) is 35.9 Å². The summed E-state index contributed by atoms with van der Waals surface area (Å²) in [6.07, 6.45) is 1.62. The summed E-state index contributed by atoms with van der Waals surface area (Å²) in [5.74, 6) is -2.49. The van der Waals surface area contributed by atoms with Crippen LogP contribution in [0.1, 0.15) is 19.9 Å². The fourth-order valence-corrected chi connectivity index (χ4v) is 2.79. The highest BCUT2D eigenvalue weighted by Gasteiger charge is 2.18. The zero-order valence-corrected chi connectivity index (χ0v) is 13.7. The maximum Gasteiger partial charge on any atom is 0.341 e. The number of carboxylic acid groups (broad SMARTS) is 1. The average Bonchev–Trinajstić information content (AvgIpc) is 2.93. The minimum atomic E-state index is -4.03. The Balaban J connectivity index is 2.19.